The Morgan fingerprint density at radius 1 is 1.25 bits per heavy atom. The third-order valence-electron chi connectivity index (χ3n) is 5.31. The maximum absolute atomic E-state index is 12.4. The van der Waals surface area contributed by atoms with Gasteiger partial charge >= 0.3 is 0 Å². The molecule has 1 aromatic rings. The molecule has 2 fully saturated rings. The van der Waals surface area contributed by atoms with Crippen LogP contribution in [0.3, 0.4) is 0 Å². The standard InChI is InChI=1S/C17H26F2N4O/c18-16(19)11-22-7-4-13(5-8-22)10-17(24)21-14-2-1-3-15(14)23-9-6-20-12-23/h6,9,12-16H,1-5,7-8,10-11H2,(H,21,24)/t14-,15+/m1/s1. The van der Waals surface area contributed by atoms with E-state index in [9.17, 15) is 13.6 Å². The van der Waals surface area contributed by atoms with Crippen LogP contribution in [-0.2, 0) is 4.79 Å². The highest BCUT2D eigenvalue weighted by molar-refractivity contribution is 5.76. The van der Waals surface area contributed by atoms with Gasteiger partial charge in [-0.1, -0.05) is 0 Å². The van der Waals surface area contributed by atoms with Crippen molar-refractivity contribution >= 4 is 5.91 Å². The van der Waals surface area contributed by atoms with Crippen molar-refractivity contribution in [1.82, 2.24) is 19.8 Å². The molecule has 1 saturated heterocycles. The van der Waals surface area contributed by atoms with Crippen LogP contribution in [0.2, 0.25) is 0 Å². The second kappa shape index (κ2) is 8.05. The van der Waals surface area contributed by atoms with Crippen molar-refractivity contribution in [2.45, 2.75) is 57.0 Å². The molecule has 1 aliphatic heterocycles. The third kappa shape index (κ3) is 4.53. The number of likely N-dealkylation sites (tertiary alicyclic amines) is 1. The number of carbonyl (C=O) groups is 1. The van der Waals surface area contributed by atoms with Gasteiger partial charge < -0.3 is 9.88 Å². The smallest absolute Gasteiger partial charge is 0.251 e. The zero-order valence-corrected chi connectivity index (χ0v) is 13.9. The molecule has 1 aliphatic carbocycles. The van der Waals surface area contributed by atoms with Crippen LogP contribution in [0.4, 0.5) is 8.78 Å². The van der Waals surface area contributed by atoms with E-state index in [1.54, 1.807) is 11.1 Å². The first-order chi connectivity index (χ1) is 11.6. The van der Waals surface area contributed by atoms with Gasteiger partial charge in [-0.25, -0.2) is 13.8 Å². The van der Waals surface area contributed by atoms with Crippen molar-refractivity contribution in [3.8, 4) is 0 Å². The fraction of sp³-hybridized carbons (Fsp3) is 0.765. The van der Waals surface area contributed by atoms with Gasteiger partial charge in [0, 0.05) is 24.9 Å². The Bertz CT molecular complexity index is 515. The normalized spacial score (nSPS) is 26.1. The van der Waals surface area contributed by atoms with Gasteiger partial charge in [-0.05, 0) is 51.1 Å². The van der Waals surface area contributed by atoms with Gasteiger partial charge in [0.1, 0.15) is 0 Å². The number of nitrogens with zero attached hydrogens (tertiary/aromatic N) is 3. The second-order valence-electron chi connectivity index (χ2n) is 7.02. The lowest BCUT2D eigenvalue weighted by molar-refractivity contribution is -0.123. The maximum Gasteiger partial charge on any atom is 0.251 e. The van der Waals surface area contributed by atoms with E-state index in [2.05, 4.69) is 14.9 Å². The Balaban J connectivity index is 1.43. The fourth-order valence-corrected chi connectivity index (χ4v) is 4.03. The van der Waals surface area contributed by atoms with E-state index in [1.165, 1.54) is 0 Å². The summed E-state index contributed by atoms with van der Waals surface area (Å²) < 4.78 is 26.9. The Hall–Kier alpha value is -1.50. The predicted molar refractivity (Wildman–Crippen MR) is 86.8 cm³/mol. The highest BCUT2D eigenvalue weighted by Gasteiger charge is 2.30. The fourth-order valence-electron chi connectivity index (χ4n) is 4.03. The van der Waals surface area contributed by atoms with Gasteiger partial charge in [-0.15, -0.1) is 0 Å². The number of halogens is 2. The van der Waals surface area contributed by atoms with Gasteiger partial charge in [-0.2, -0.15) is 0 Å². The molecule has 5 nitrogen and oxygen atoms in total. The summed E-state index contributed by atoms with van der Waals surface area (Å²) in [6.07, 6.45) is 8.61. The molecule has 2 heterocycles. The summed E-state index contributed by atoms with van der Waals surface area (Å²) in [6.45, 7) is 1.19. The van der Waals surface area contributed by atoms with E-state index in [0.29, 0.717) is 31.5 Å². The Labute approximate surface area is 141 Å². The molecule has 1 saturated carbocycles. The first-order valence-corrected chi connectivity index (χ1v) is 8.89. The van der Waals surface area contributed by atoms with Crippen molar-refractivity contribution in [3.63, 3.8) is 0 Å². The van der Waals surface area contributed by atoms with E-state index in [0.717, 1.165) is 32.1 Å². The maximum atomic E-state index is 12.4. The number of piperidine rings is 1. The minimum Gasteiger partial charge on any atom is -0.351 e. The van der Waals surface area contributed by atoms with Crippen LogP contribution < -0.4 is 5.32 Å². The zero-order valence-electron chi connectivity index (χ0n) is 13.9. The Kier molecular flexibility index (Phi) is 5.81. The lowest BCUT2D eigenvalue weighted by Gasteiger charge is -2.31. The highest BCUT2D eigenvalue weighted by Crippen LogP contribution is 2.30. The number of carbonyl (C=O) groups excluding carboxylic acids is 1. The van der Waals surface area contributed by atoms with Crippen LogP contribution in [0.25, 0.3) is 0 Å². The number of imidazole rings is 1. The Morgan fingerprint density at radius 2 is 2.04 bits per heavy atom. The van der Waals surface area contributed by atoms with Crippen LogP contribution >= 0.6 is 0 Å². The molecular formula is C17H26F2N4O. The lowest BCUT2D eigenvalue weighted by atomic mass is 9.93. The predicted octanol–water partition coefficient (Wildman–Crippen LogP) is 2.46. The van der Waals surface area contributed by atoms with Gasteiger partial charge in [0.05, 0.1) is 18.9 Å². The monoisotopic (exact) mass is 340 g/mol. The van der Waals surface area contributed by atoms with Crippen molar-refractivity contribution < 1.29 is 13.6 Å². The average Bonchev–Trinajstić information content (AvgIpc) is 3.19. The SMILES string of the molecule is O=C(CC1CCN(CC(F)F)CC1)N[C@@H]1CCC[C@@H]1n1ccnc1. The average molecular weight is 340 g/mol. The molecule has 0 aromatic carbocycles. The summed E-state index contributed by atoms with van der Waals surface area (Å²) >= 11 is 0. The molecule has 2 atom stereocenters. The molecule has 1 amide bonds. The number of amides is 1. The molecule has 134 valence electrons. The topological polar surface area (TPSA) is 50.2 Å². The Morgan fingerprint density at radius 3 is 2.71 bits per heavy atom. The van der Waals surface area contributed by atoms with Gasteiger partial charge in [0.15, 0.2) is 0 Å². The number of hydrogen-bond acceptors (Lipinski definition) is 3. The van der Waals surface area contributed by atoms with Crippen LogP contribution in [0.5, 0.6) is 0 Å². The number of nitrogens with one attached hydrogen (secondary N) is 1. The quantitative estimate of drug-likeness (QED) is 0.865. The lowest BCUT2D eigenvalue weighted by Crippen LogP contribution is -2.41. The zero-order chi connectivity index (χ0) is 16.9. The molecule has 3 rings (SSSR count). The third-order valence-corrected chi connectivity index (χ3v) is 5.31. The van der Waals surface area contributed by atoms with Gasteiger partial charge in [-0.3, -0.25) is 9.69 Å². The second-order valence-corrected chi connectivity index (χ2v) is 7.02. The summed E-state index contributed by atoms with van der Waals surface area (Å²) in [5, 5.41) is 3.19. The summed E-state index contributed by atoms with van der Waals surface area (Å²) in [4.78, 5) is 18.3. The summed E-state index contributed by atoms with van der Waals surface area (Å²) in [5.74, 6) is 0.409. The van der Waals surface area contributed by atoms with Gasteiger partial charge in [0.25, 0.3) is 6.43 Å². The number of hydrogen-bond donors (Lipinski definition) is 1. The molecule has 0 unspecified atom stereocenters. The van der Waals surface area contributed by atoms with Crippen molar-refractivity contribution in [1.29, 1.82) is 0 Å². The van der Waals surface area contributed by atoms with E-state index in [4.69, 9.17) is 0 Å². The summed E-state index contributed by atoms with van der Waals surface area (Å²) in [7, 11) is 0. The molecule has 7 heteroatoms. The van der Waals surface area contributed by atoms with Crippen LogP contribution in [0.15, 0.2) is 18.7 Å². The summed E-state index contributed by atoms with van der Waals surface area (Å²) in [5.41, 5.74) is 0. The summed E-state index contributed by atoms with van der Waals surface area (Å²) in [6, 6.07) is 0.468. The van der Waals surface area contributed by atoms with Crippen LogP contribution in [-0.4, -0.2) is 52.5 Å². The van der Waals surface area contributed by atoms with Gasteiger partial charge in [0.2, 0.25) is 5.91 Å². The van der Waals surface area contributed by atoms with E-state index >= 15 is 0 Å². The highest BCUT2D eigenvalue weighted by atomic mass is 19.3. The van der Waals surface area contributed by atoms with Crippen molar-refractivity contribution in [2.75, 3.05) is 19.6 Å². The molecule has 0 spiro atoms. The first kappa shape index (κ1) is 17.3. The van der Waals surface area contributed by atoms with Crippen molar-refractivity contribution in [3.05, 3.63) is 18.7 Å². The molecule has 1 N–H and O–H groups in total. The van der Waals surface area contributed by atoms with Crippen molar-refractivity contribution in [2.24, 2.45) is 5.92 Å². The minimum atomic E-state index is -2.27. The molecule has 0 bridgehead atoms. The molecule has 0 radical (unpaired) electrons. The van der Waals surface area contributed by atoms with E-state index < -0.39 is 6.43 Å². The van der Waals surface area contributed by atoms with Crippen LogP contribution in [0.1, 0.15) is 44.6 Å². The molecule has 24 heavy (non-hydrogen) atoms. The van der Waals surface area contributed by atoms with E-state index in [1.807, 2.05) is 12.5 Å². The number of aromatic nitrogens is 2. The molecule has 1 aromatic heterocycles. The molecule has 2 aliphatic rings. The first-order valence-electron chi connectivity index (χ1n) is 8.89. The molecular weight excluding hydrogens is 314 g/mol. The van der Waals surface area contributed by atoms with E-state index in [-0.39, 0.29) is 18.5 Å². The number of rotatable bonds is 6. The van der Waals surface area contributed by atoms with Crippen LogP contribution in [0, 0.1) is 5.92 Å². The largest absolute Gasteiger partial charge is 0.351 e. The number of alkyl halides is 2. The minimum absolute atomic E-state index is 0.0966.